The highest BCUT2D eigenvalue weighted by Crippen LogP contribution is 2.40. The minimum Gasteiger partial charge on any atom is -0.497 e. The minimum absolute atomic E-state index is 0.0752. The molecule has 0 unspecified atom stereocenters. The second kappa shape index (κ2) is 11.0. The van der Waals surface area contributed by atoms with Gasteiger partial charge in [0.05, 0.1) is 34.0 Å². The second-order valence-electron chi connectivity index (χ2n) is 8.88. The average Bonchev–Trinajstić information content (AvgIpc) is 3.21. The monoisotopic (exact) mass is 493 g/mol. The van der Waals surface area contributed by atoms with E-state index in [9.17, 15) is 4.79 Å². The average molecular weight is 494 g/mol. The molecule has 2 heterocycles. The number of carbonyl (C=O) groups excluding carboxylic acids is 1. The van der Waals surface area contributed by atoms with Crippen LogP contribution in [0.1, 0.15) is 27.3 Å². The number of hydrogen-bond donors (Lipinski definition) is 0. The number of amides is 1. The standard InChI is InChI=1S/C28H35N3O5/c1-19-17-24(20(2)31(19)22-8-10-23(33-3)11-9-22)28(32)30-15-13-29(14-16-30)18-21-7-12-25(34-4)27(36-6)26(21)35-5/h7-12,17H,13-16,18H2,1-6H3. The smallest absolute Gasteiger partial charge is 0.255 e. The maximum absolute atomic E-state index is 13.5. The first-order chi connectivity index (χ1) is 17.4. The highest BCUT2D eigenvalue weighted by atomic mass is 16.5. The molecule has 1 fully saturated rings. The van der Waals surface area contributed by atoms with Gasteiger partial charge in [-0.2, -0.15) is 0 Å². The van der Waals surface area contributed by atoms with Gasteiger partial charge >= 0.3 is 0 Å². The number of aromatic nitrogens is 1. The first kappa shape index (κ1) is 25.4. The van der Waals surface area contributed by atoms with Crippen LogP contribution in [0.25, 0.3) is 5.69 Å². The molecule has 0 radical (unpaired) electrons. The molecule has 0 spiro atoms. The van der Waals surface area contributed by atoms with Crippen molar-refractivity contribution in [3.8, 4) is 28.7 Å². The molecule has 1 aliphatic rings. The Morgan fingerprint density at radius 3 is 2.06 bits per heavy atom. The molecular weight excluding hydrogens is 458 g/mol. The number of piperazine rings is 1. The molecule has 4 rings (SSSR count). The fraction of sp³-hybridized carbons (Fsp3) is 0.393. The van der Waals surface area contributed by atoms with Gasteiger partial charge in [-0.05, 0) is 50.2 Å². The summed E-state index contributed by atoms with van der Waals surface area (Å²) in [6, 6.07) is 13.8. The summed E-state index contributed by atoms with van der Waals surface area (Å²) in [5.41, 5.74) is 4.76. The number of methoxy groups -OCH3 is 4. The van der Waals surface area contributed by atoms with E-state index in [0.717, 1.165) is 47.0 Å². The van der Waals surface area contributed by atoms with Gasteiger partial charge in [-0.3, -0.25) is 9.69 Å². The van der Waals surface area contributed by atoms with E-state index in [0.29, 0.717) is 36.9 Å². The lowest BCUT2D eigenvalue weighted by Gasteiger charge is -2.35. The Morgan fingerprint density at radius 1 is 0.806 bits per heavy atom. The number of hydrogen-bond acceptors (Lipinski definition) is 6. The van der Waals surface area contributed by atoms with Crippen molar-refractivity contribution in [2.24, 2.45) is 0 Å². The Bertz CT molecular complexity index is 1210. The zero-order chi connectivity index (χ0) is 25.8. The summed E-state index contributed by atoms with van der Waals surface area (Å²) in [5, 5.41) is 0. The second-order valence-corrected chi connectivity index (χ2v) is 8.88. The van der Waals surface area contributed by atoms with Crippen molar-refractivity contribution < 1.29 is 23.7 Å². The molecular formula is C28H35N3O5. The molecule has 0 saturated carbocycles. The highest BCUT2D eigenvalue weighted by Gasteiger charge is 2.26. The summed E-state index contributed by atoms with van der Waals surface area (Å²) in [6.45, 7) is 7.63. The van der Waals surface area contributed by atoms with E-state index in [1.165, 1.54) is 0 Å². The van der Waals surface area contributed by atoms with Crippen molar-refractivity contribution >= 4 is 5.91 Å². The highest BCUT2D eigenvalue weighted by molar-refractivity contribution is 5.96. The van der Waals surface area contributed by atoms with E-state index < -0.39 is 0 Å². The van der Waals surface area contributed by atoms with Gasteiger partial charge in [-0.1, -0.05) is 6.07 Å². The number of rotatable bonds is 8. The van der Waals surface area contributed by atoms with Gasteiger partial charge in [0.25, 0.3) is 5.91 Å². The number of benzene rings is 2. The van der Waals surface area contributed by atoms with Gasteiger partial charge < -0.3 is 28.4 Å². The molecule has 2 aromatic carbocycles. The topological polar surface area (TPSA) is 65.4 Å². The number of nitrogens with zero attached hydrogens (tertiary/aromatic N) is 3. The zero-order valence-electron chi connectivity index (χ0n) is 22.0. The van der Waals surface area contributed by atoms with Crippen LogP contribution in [0.15, 0.2) is 42.5 Å². The third kappa shape index (κ3) is 4.86. The fourth-order valence-corrected chi connectivity index (χ4v) is 4.92. The van der Waals surface area contributed by atoms with Gasteiger partial charge in [-0.15, -0.1) is 0 Å². The van der Waals surface area contributed by atoms with Gasteiger partial charge in [0, 0.05) is 55.4 Å². The van der Waals surface area contributed by atoms with Crippen molar-refractivity contribution in [1.29, 1.82) is 0 Å². The zero-order valence-corrected chi connectivity index (χ0v) is 22.0. The quantitative estimate of drug-likeness (QED) is 0.471. The van der Waals surface area contributed by atoms with Gasteiger partial charge in [0.2, 0.25) is 5.75 Å². The lowest BCUT2D eigenvalue weighted by molar-refractivity contribution is 0.0626. The molecule has 1 amide bonds. The van der Waals surface area contributed by atoms with Crippen LogP contribution >= 0.6 is 0 Å². The predicted octanol–water partition coefficient (Wildman–Crippen LogP) is 4.09. The lowest BCUT2D eigenvalue weighted by atomic mass is 10.1. The van der Waals surface area contributed by atoms with Gasteiger partial charge in [0.1, 0.15) is 5.75 Å². The molecule has 8 heteroatoms. The van der Waals surface area contributed by atoms with Gasteiger partial charge in [-0.25, -0.2) is 0 Å². The van der Waals surface area contributed by atoms with E-state index in [1.807, 2.05) is 61.2 Å². The van der Waals surface area contributed by atoms with E-state index in [1.54, 1.807) is 28.4 Å². The van der Waals surface area contributed by atoms with Crippen LogP contribution in [0.5, 0.6) is 23.0 Å². The van der Waals surface area contributed by atoms with Crippen LogP contribution in [0.3, 0.4) is 0 Å². The molecule has 0 N–H and O–H groups in total. The van der Waals surface area contributed by atoms with Crippen LogP contribution in [-0.4, -0.2) is 74.9 Å². The SMILES string of the molecule is COc1ccc(-n2c(C)cc(C(=O)N3CCN(Cc4ccc(OC)c(OC)c4OC)CC3)c2C)cc1. The maximum atomic E-state index is 13.5. The van der Waals surface area contributed by atoms with Gasteiger partial charge in [0.15, 0.2) is 11.5 Å². The Balaban J connectivity index is 1.45. The Labute approximate surface area is 212 Å². The molecule has 8 nitrogen and oxygen atoms in total. The fourth-order valence-electron chi connectivity index (χ4n) is 4.92. The van der Waals surface area contributed by atoms with E-state index in [4.69, 9.17) is 18.9 Å². The molecule has 0 atom stereocenters. The van der Waals surface area contributed by atoms with E-state index >= 15 is 0 Å². The van der Waals surface area contributed by atoms with Crippen LogP contribution in [0, 0.1) is 13.8 Å². The molecule has 0 bridgehead atoms. The lowest BCUT2D eigenvalue weighted by Crippen LogP contribution is -2.48. The summed E-state index contributed by atoms with van der Waals surface area (Å²) in [5.74, 6) is 2.80. The summed E-state index contributed by atoms with van der Waals surface area (Å²) in [6.07, 6.45) is 0. The first-order valence-corrected chi connectivity index (χ1v) is 12.0. The van der Waals surface area contributed by atoms with Crippen molar-refractivity contribution in [3.05, 3.63) is 65.0 Å². The van der Waals surface area contributed by atoms with Crippen LogP contribution in [0.4, 0.5) is 0 Å². The molecule has 1 aromatic heterocycles. The summed E-state index contributed by atoms with van der Waals surface area (Å²) in [7, 11) is 6.52. The van der Waals surface area contributed by atoms with Crippen molar-refractivity contribution in [2.45, 2.75) is 20.4 Å². The molecule has 1 saturated heterocycles. The molecule has 192 valence electrons. The van der Waals surface area contributed by atoms with Crippen molar-refractivity contribution in [3.63, 3.8) is 0 Å². The molecule has 1 aliphatic heterocycles. The van der Waals surface area contributed by atoms with Crippen LogP contribution in [0.2, 0.25) is 0 Å². The summed E-state index contributed by atoms with van der Waals surface area (Å²) < 4.78 is 23.9. The molecule has 36 heavy (non-hydrogen) atoms. The normalized spacial score (nSPS) is 14.0. The van der Waals surface area contributed by atoms with Crippen LogP contribution in [-0.2, 0) is 6.54 Å². The first-order valence-electron chi connectivity index (χ1n) is 12.0. The maximum Gasteiger partial charge on any atom is 0.255 e. The van der Waals surface area contributed by atoms with E-state index in [2.05, 4.69) is 9.47 Å². The summed E-state index contributed by atoms with van der Waals surface area (Å²) in [4.78, 5) is 17.7. The summed E-state index contributed by atoms with van der Waals surface area (Å²) >= 11 is 0. The molecule has 3 aromatic rings. The third-order valence-corrected chi connectivity index (χ3v) is 6.83. The van der Waals surface area contributed by atoms with Crippen LogP contribution < -0.4 is 18.9 Å². The predicted molar refractivity (Wildman–Crippen MR) is 139 cm³/mol. The Morgan fingerprint density at radius 2 is 1.47 bits per heavy atom. The third-order valence-electron chi connectivity index (χ3n) is 6.83. The minimum atomic E-state index is 0.0752. The van der Waals surface area contributed by atoms with Crippen molar-refractivity contribution in [1.82, 2.24) is 14.4 Å². The van der Waals surface area contributed by atoms with Crippen molar-refractivity contribution in [2.75, 3.05) is 54.6 Å². The Kier molecular flexibility index (Phi) is 7.74. The van der Waals surface area contributed by atoms with E-state index in [-0.39, 0.29) is 5.91 Å². The largest absolute Gasteiger partial charge is 0.497 e. The number of carbonyl (C=O) groups is 1. The Hall–Kier alpha value is -3.65. The number of aryl methyl sites for hydroxylation is 1. The molecule has 0 aliphatic carbocycles. The number of ether oxygens (including phenoxy) is 4.